The first-order valence-electron chi connectivity index (χ1n) is 10.8. The quantitative estimate of drug-likeness (QED) is 0.555. The van der Waals surface area contributed by atoms with Crippen molar-refractivity contribution in [3.63, 3.8) is 0 Å². The second kappa shape index (κ2) is 7.22. The van der Waals surface area contributed by atoms with Gasteiger partial charge in [-0.15, -0.1) is 0 Å². The zero-order chi connectivity index (χ0) is 16.5. The number of hydrogen-bond donors (Lipinski definition) is 0. The molecule has 0 aromatic heterocycles. The van der Waals surface area contributed by atoms with Crippen molar-refractivity contribution >= 4 is 0 Å². The Balaban J connectivity index is 1.40. The number of hydrogen-bond acceptors (Lipinski definition) is 0. The molecule has 3 aliphatic carbocycles. The van der Waals surface area contributed by atoms with Crippen molar-refractivity contribution in [2.45, 2.75) is 84.0 Å². The van der Waals surface area contributed by atoms with Crippen molar-refractivity contribution in [2.24, 2.45) is 29.6 Å². The average molecular weight is 325 g/mol. The van der Waals surface area contributed by atoms with Crippen LogP contribution in [0.3, 0.4) is 0 Å². The molecule has 3 aliphatic rings. The van der Waals surface area contributed by atoms with Crippen LogP contribution >= 0.6 is 0 Å². The van der Waals surface area contributed by atoms with E-state index in [1.54, 1.807) is 31.2 Å². The fourth-order valence-electron chi connectivity index (χ4n) is 6.70. The Labute approximate surface area is 149 Å². The van der Waals surface area contributed by atoms with Gasteiger partial charge in [-0.2, -0.15) is 0 Å². The fraction of sp³-hybridized carbons (Fsp3) is 0.750. The lowest BCUT2D eigenvalue weighted by Crippen LogP contribution is -2.41. The molecule has 3 fully saturated rings. The summed E-state index contributed by atoms with van der Waals surface area (Å²) in [4.78, 5) is 0. The summed E-state index contributed by atoms with van der Waals surface area (Å²) in [6.07, 6.45) is 15.1. The molecule has 0 amide bonds. The first-order chi connectivity index (χ1) is 11.7. The molecule has 0 bridgehead atoms. The maximum atomic E-state index is 2.40. The Morgan fingerprint density at radius 3 is 2.17 bits per heavy atom. The number of aryl methyl sites for hydroxylation is 1. The van der Waals surface area contributed by atoms with Gasteiger partial charge in [0.25, 0.3) is 0 Å². The van der Waals surface area contributed by atoms with Crippen molar-refractivity contribution in [3.05, 3.63) is 35.4 Å². The summed E-state index contributed by atoms with van der Waals surface area (Å²) in [5, 5.41) is 0. The third-order valence-corrected chi connectivity index (χ3v) is 7.89. The summed E-state index contributed by atoms with van der Waals surface area (Å²) >= 11 is 0. The molecular formula is C24H36. The van der Waals surface area contributed by atoms with Crippen LogP contribution in [0.5, 0.6) is 0 Å². The van der Waals surface area contributed by atoms with E-state index in [4.69, 9.17) is 0 Å². The van der Waals surface area contributed by atoms with E-state index in [0.717, 1.165) is 35.5 Å². The lowest BCUT2D eigenvalue weighted by atomic mass is 9.55. The Morgan fingerprint density at radius 2 is 1.46 bits per heavy atom. The third-order valence-electron chi connectivity index (χ3n) is 7.89. The molecule has 132 valence electrons. The number of fused-ring (bicyclic) bond motifs is 3. The van der Waals surface area contributed by atoms with Crippen LogP contribution in [0.4, 0.5) is 0 Å². The standard InChI is InChI=1S/C24H36/c1-3-4-18-7-13-23-21(15-18)10-11-22-16-20(12-14-24(22)23)19-8-5-17(2)6-9-19/h5-6,8-9,18,20-24H,3-4,7,10-16H2,1-2H3/t18?,20?,21-,22?,23-,24-/m1/s1. The van der Waals surface area contributed by atoms with Gasteiger partial charge in [0.2, 0.25) is 0 Å². The summed E-state index contributed by atoms with van der Waals surface area (Å²) in [6.45, 7) is 4.58. The van der Waals surface area contributed by atoms with E-state index in [1.807, 2.05) is 0 Å². The summed E-state index contributed by atoms with van der Waals surface area (Å²) in [5.74, 6) is 6.21. The Morgan fingerprint density at radius 1 is 0.792 bits per heavy atom. The van der Waals surface area contributed by atoms with Crippen molar-refractivity contribution in [1.29, 1.82) is 0 Å². The third kappa shape index (κ3) is 3.31. The molecule has 6 atom stereocenters. The molecule has 0 aliphatic heterocycles. The summed E-state index contributed by atoms with van der Waals surface area (Å²) in [5.41, 5.74) is 3.02. The van der Waals surface area contributed by atoms with Crippen molar-refractivity contribution in [2.75, 3.05) is 0 Å². The van der Waals surface area contributed by atoms with Crippen LogP contribution in [0.25, 0.3) is 0 Å². The zero-order valence-electron chi connectivity index (χ0n) is 15.8. The Bertz CT molecular complexity index is 527. The van der Waals surface area contributed by atoms with E-state index < -0.39 is 0 Å². The zero-order valence-corrected chi connectivity index (χ0v) is 15.8. The van der Waals surface area contributed by atoms with E-state index in [1.165, 1.54) is 44.1 Å². The van der Waals surface area contributed by atoms with Crippen molar-refractivity contribution in [3.8, 4) is 0 Å². The minimum atomic E-state index is 0.847. The van der Waals surface area contributed by atoms with Gasteiger partial charge in [0.1, 0.15) is 0 Å². The minimum absolute atomic E-state index is 0.847. The van der Waals surface area contributed by atoms with Crippen molar-refractivity contribution < 1.29 is 0 Å². The molecule has 0 saturated heterocycles. The highest BCUT2D eigenvalue weighted by molar-refractivity contribution is 5.25. The maximum Gasteiger partial charge on any atom is -0.0159 e. The van der Waals surface area contributed by atoms with Crippen molar-refractivity contribution in [1.82, 2.24) is 0 Å². The van der Waals surface area contributed by atoms with Gasteiger partial charge in [-0.25, -0.2) is 0 Å². The van der Waals surface area contributed by atoms with Crippen LogP contribution in [0.1, 0.15) is 88.2 Å². The van der Waals surface area contributed by atoms with Gasteiger partial charge in [-0.3, -0.25) is 0 Å². The van der Waals surface area contributed by atoms with E-state index in [9.17, 15) is 0 Å². The summed E-state index contributed by atoms with van der Waals surface area (Å²) < 4.78 is 0. The van der Waals surface area contributed by atoms with E-state index >= 15 is 0 Å². The molecule has 0 N–H and O–H groups in total. The molecule has 1 aromatic carbocycles. The van der Waals surface area contributed by atoms with Gasteiger partial charge >= 0.3 is 0 Å². The van der Waals surface area contributed by atoms with Gasteiger partial charge in [0, 0.05) is 0 Å². The highest BCUT2D eigenvalue weighted by atomic mass is 14.5. The summed E-state index contributed by atoms with van der Waals surface area (Å²) in [7, 11) is 0. The predicted octanol–water partition coefficient (Wildman–Crippen LogP) is 7.12. The van der Waals surface area contributed by atoms with Gasteiger partial charge < -0.3 is 0 Å². The van der Waals surface area contributed by atoms with Crippen LogP contribution in [0.15, 0.2) is 24.3 Å². The molecule has 1 aromatic rings. The van der Waals surface area contributed by atoms with Gasteiger partial charge in [-0.1, -0.05) is 56.0 Å². The smallest absolute Gasteiger partial charge is 0.0159 e. The highest BCUT2D eigenvalue weighted by Crippen LogP contribution is 2.55. The second-order valence-corrected chi connectivity index (χ2v) is 9.31. The minimum Gasteiger partial charge on any atom is -0.0654 e. The van der Waals surface area contributed by atoms with E-state index in [-0.39, 0.29) is 0 Å². The van der Waals surface area contributed by atoms with Gasteiger partial charge in [0.15, 0.2) is 0 Å². The highest BCUT2D eigenvalue weighted by Gasteiger charge is 2.44. The fourth-order valence-corrected chi connectivity index (χ4v) is 6.70. The molecule has 0 nitrogen and oxygen atoms in total. The lowest BCUT2D eigenvalue weighted by molar-refractivity contribution is 0.00543. The van der Waals surface area contributed by atoms with Crippen LogP contribution in [0, 0.1) is 36.5 Å². The van der Waals surface area contributed by atoms with E-state index in [0.29, 0.717) is 0 Å². The number of rotatable bonds is 3. The molecule has 0 spiro atoms. The molecule has 3 saturated carbocycles. The topological polar surface area (TPSA) is 0 Å². The largest absolute Gasteiger partial charge is 0.0654 e. The molecule has 24 heavy (non-hydrogen) atoms. The molecule has 0 radical (unpaired) electrons. The molecular weight excluding hydrogens is 288 g/mol. The molecule has 0 heterocycles. The van der Waals surface area contributed by atoms with Gasteiger partial charge in [0.05, 0.1) is 0 Å². The normalized spacial score (nSPS) is 39.1. The average Bonchev–Trinajstić information content (AvgIpc) is 2.62. The van der Waals surface area contributed by atoms with Crippen LogP contribution < -0.4 is 0 Å². The number of benzene rings is 1. The maximum absolute atomic E-state index is 2.40. The lowest BCUT2D eigenvalue weighted by Gasteiger charge is -2.51. The van der Waals surface area contributed by atoms with Gasteiger partial charge in [-0.05, 0) is 92.9 Å². The first kappa shape index (κ1) is 16.7. The monoisotopic (exact) mass is 324 g/mol. The Hall–Kier alpha value is -0.780. The molecule has 0 heteroatoms. The SMILES string of the molecule is CCCC1CC[C@@H]2[C@H](CCC3CC(c4ccc(C)cc4)CC[C@H]32)C1. The molecule has 4 rings (SSSR count). The molecule has 3 unspecified atom stereocenters. The second-order valence-electron chi connectivity index (χ2n) is 9.31. The van der Waals surface area contributed by atoms with E-state index in [2.05, 4.69) is 38.1 Å². The predicted molar refractivity (Wildman–Crippen MR) is 103 cm³/mol. The van der Waals surface area contributed by atoms with Crippen LogP contribution in [0.2, 0.25) is 0 Å². The first-order valence-corrected chi connectivity index (χ1v) is 10.8. The summed E-state index contributed by atoms with van der Waals surface area (Å²) in [6, 6.07) is 9.44. The Kier molecular flexibility index (Phi) is 5.02. The van der Waals surface area contributed by atoms with Crippen LogP contribution in [-0.4, -0.2) is 0 Å². The van der Waals surface area contributed by atoms with Crippen LogP contribution in [-0.2, 0) is 0 Å².